The molecule has 27 heavy (non-hydrogen) atoms. The second-order valence-electron chi connectivity index (χ2n) is 6.90. The summed E-state index contributed by atoms with van der Waals surface area (Å²) in [6, 6.07) is 14.3. The zero-order valence-electron chi connectivity index (χ0n) is 15.4. The van der Waals surface area contributed by atoms with Crippen LogP contribution in [0.5, 0.6) is 0 Å². The van der Waals surface area contributed by atoms with Crippen LogP contribution in [-0.2, 0) is 9.84 Å². The standard InChI is InChI=1S/C20H23ClN2O3S/c1-22(2)16-9-7-15(8-10-16)20(24)23-12-11-19(27(25,26)14-13-23)17-5-3-4-6-18(17)21/h3-10,19H,11-14H2,1-2H3. The van der Waals surface area contributed by atoms with Crippen molar-refractivity contribution in [1.82, 2.24) is 4.90 Å². The summed E-state index contributed by atoms with van der Waals surface area (Å²) >= 11 is 6.22. The minimum atomic E-state index is -3.39. The predicted molar refractivity (Wildman–Crippen MR) is 109 cm³/mol. The Bertz CT molecular complexity index is 926. The van der Waals surface area contributed by atoms with Gasteiger partial charge in [-0.3, -0.25) is 4.79 Å². The topological polar surface area (TPSA) is 57.7 Å². The van der Waals surface area contributed by atoms with Crippen LogP contribution in [0.15, 0.2) is 48.5 Å². The van der Waals surface area contributed by atoms with Crippen LogP contribution < -0.4 is 4.90 Å². The molecule has 7 heteroatoms. The van der Waals surface area contributed by atoms with E-state index in [0.29, 0.717) is 29.1 Å². The lowest BCUT2D eigenvalue weighted by molar-refractivity contribution is 0.0766. The molecule has 0 aliphatic carbocycles. The monoisotopic (exact) mass is 406 g/mol. The highest BCUT2D eigenvalue weighted by Crippen LogP contribution is 2.34. The molecule has 2 aromatic carbocycles. The van der Waals surface area contributed by atoms with E-state index in [0.717, 1.165) is 5.69 Å². The Kier molecular flexibility index (Phi) is 5.77. The van der Waals surface area contributed by atoms with Gasteiger partial charge in [0.25, 0.3) is 5.91 Å². The minimum Gasteiger partial charge on any atom is -0.378 e. The number of carbonyl (C=O) groups is 1. The van der Waals surface area contributed by atoms with Gasteiger partial charge in [-0.2, -0.15) is 0 Å². The number of amides is 1. The molecule has 2 aromatic rings. The van der Waals surface area contributed by atoms with Crippen molar-refractivity contribution in [3.05, 3.63) is 64.7 Å². The second kappa shape index (κ2) is 7.90. The average Bonchev–Trinajstić information content (AvgIpc) is 2.80. The van der Waals surface area contributed by atoms with Crippen LogP contribution in [0.25, 0.3) is 0 Å². The van der Waals surface area contributed by atoms with Crippen LogP contribution in [0, 0.1) is 0 Å². The van der Waals surface area contributed by atoms with Gasteiger partial charge in [-0.05, 0) is 42.3 Å². The minimum absolute atomic E-state index is 0.0651. The molecule has 1 saturated heterocycles. The van der Waals surface area contributed by atoms with Crippen molar-refractivity contribution < 1.29 is 13.2 Å². The molecular weight excluding hydrogens is 384 g/mol. The van der Waals surface area contributed by atoms with E-state index >= 15 is 0 Å². The summed E-state index contributed by atoms with van der Waals surface area (Å²) in [6.07, 6.45) is 0.341. The van der Waals surface area contributed by atoms with Crippen LogP contribution >= 0.6 is 11.6 Å². The van der Waals surface area contributed by atoms with E-state index in [1.165, 1.54) is 0 Å². The van der Waals surface area contributed by atoms with Crippen LogP contribution in [0.4, 0.5) is 5.69 Å². The lowest BCUT2D eigenvalue weighted by atomic mass is 10.1. The largest absolute Gasteiger partial charge is 0.378 e. The summed E-state index contributed by atoms with van der Waals surface area (Å²) in [6.45, 7) is 0.570. The number of rotatable bonds is 3. The third-order valence-corrected chi connectivity index (χ3v) is 7.36. The van der Waals surface area contributed by atoms with Gasteiger partial charge in [0.15, 0.2) is 9.84 Å². The number of hydrogen-bond acceptors (Lipinski definition) is 4. The third-order valence-electron chi connectivity index (χ3n) is 4.91. The molecule has 1 unspecified atom stereocenters. The van der Waals surface area contributed by atoms with Gasteiger partial charge in [-0.25, -0.2) is 8.42 Å². The molecule has 0 spiro atoms. The van der Waals surface area contributed by atoms with E-state index in [4.69, 9.17) is 11.6 Å². The van der Waals surface area contributed by atoms with E-state index < -0.39 is 15.1 Å². The molecule has 1 fully saturated rings. The van der Waals surface area contributed by atoms with Crippen molar-refractivity contribution in [2.45, 2.75) is 11.7 Å². The number of nitrogens with zero attached hydrogens (tertiary/aromatic N) is 2. The van der Waals surface area contributed by atoms with Gasteiger partial charge in [0, 0.05) is 43.5 Å². The molecule has 1 aliphatic heterocycles. The van der Waals surface area contributed by atoms with E-state index in [9.17, 15) is 13.2 Å². The molecule has 3 rings (SSSR count). The third kappa shape index (κ3) is 4.28. The molecule has 0 aromatic heterocycles. The van der Waals surface area contributed by atoms with Gasteiger partial charge >= 0.3 is 0 Å². The molecule has 0 saturated carbocycles. The number of halogens is 1. The number of anilines is 1. The molecule has 1 atom stereocenters. The smallest absolute Gasteiger partial charge is 0.253 e. The van der Waals surface area contributed by atoms with Crippen LogP contribution in [0.2, 0.25) is 5.02 Å². The maximum atomic E-state index is 12.8. The Balaban J connectivity index is 1.81. The van der Waals surface area contributed by atoms with Gasteiger partial charge in [-0.1, -0.05) is 29.8 Å². The maximum Gasteiger partial charge on any atom is 0.253 e. The lowest BCUT2D eigenvalue weighted by Gasteiger charge is -2.21. The fourth-order valence-corrected chi connectivity index (χ4v) is 5.47. The average molecular weight is 407 g/mol. The SMILES string of the molecule is CN(C)c1ccc(C(=O)N2CCC(c3ccccc3Cl)S(=O)(=O)CC2)cc1. The van der Waals surface area contributed by atoms with Gasteiger partial charge in [0.05, 0.1) is 11.0 Å². The summed E-state index contributed by atoms with van der Waals surface area (Å²) in [5.41, 5.74) is 2.18. The lowest BCUT2D eigenvalue weighted by Crippen LogP contribution is -2.33. The highest BCUT2D eigenvalue weighted by molar-refractivity contribution is 7.91. The van der Waals surface area contributed by atoms with E-state index in [1.54, 1.807) is 41.3 Å². The molecule has 1 heterocycles. The zero-order valence-corrected chi connectivity index (χ0v) is 17.0. The number of carbonyl (C=O) groups excluding carboxylic acids is 1. The summed E-state index contributed by atoms with van der Waals surface area (Å²) in [5, 5.41) is -0.231. The highest BCUT2D eigenvalue weighted by atomic mass is 35.5. The first-order valence-corrected chi connectivity index (χ1v) is 10.9. The Morgan fingerprint density at radius 3 is 2.37 bits per heavy atom. The number of hydrogen-bond donors (Lipinski definition) is 0. The van der Waals surface area contributed by atoms with Gasteiger partial charge in [0.2, 0.25) is 0 Å². The van der Waals surface area contributed by atoms with Gasteiger partial charge < -0.3 is 9.80 Å². The zero-order chi connectivity index (χ0) is 19.6. The normalized spacial score (nSPS) is 19.4. The molecule has 0 N–H and O–H groups in total. The molecule has 1 aliphatic rings. The molecule has 0 bridgehead atoms. The van der Waals surface area contributed by atoms with E-state index in [1.807, 2.05) is 31.1 Å². The molecule has 0 radical (unpaired) electrons. The van der Waals surface area contributed by atoms with Crippen molar-refractivity contribution in [1.29, 1.82) is 0 Å². The van der Waals surface area contributed by atoms with E-state index in [-0.39, 0.29) is 18.2 Å². The summed E-state index contributed by atoms with van der Waals surface area (Å²) < 4.78 is 25.6. The van der Waals surface area contributed by atoms with Crippen molar-refractivity contribution in [2.75, 3.05) is 37.8 Å². The van der Waals surface area contributed by atoms with Crippen molar-refractivity contribution in [2.24, 2.45) is 0 Å². The van der Waals surface area contributed by atoms with Crippen LogP contribution in [0.1, 0.15) is 27.6 Å². The van der Waals surface area contributed by atoms with Gasteiger partial charge in [-0.15, -0.1) is 0 Å². The molecule has 5 nitrogen and oxygen atoms in total. The summed E-state index contributed by atoms with van der Waals surface area (Å²) in [5.74, 6) is -0.208. The quantitative estimate of drug-likeness (QED) is 0.783. The Morgan fingerprint density at radius 1 is 1.07 bits per heavy atom. The Morgan fingerprint density at radius 2 is 1.74 bits per heavy atom. The summed E-state index contributed by atoms with van der Waals surface area (Å²) in [4.78, 5) is 16.4. The van der Waals surface area contributed by atoms with Crippen LogP contribution in [0.3, 0.4) is 0 Å². The van der Waals surface area contributed by atoms with E-state index in [2.05, 4.69) is 0 Å². The molecule has 1 amide bonds. The molecular formula is C20H23ClN2O3S. The maximum absolute atomic E-state index is 12.8. The van der Waals surface area contributed by atoms with Crippen molar-refractivity contribution in [3.8, 4) is 0 Å². The fourth-order valence-electron chi connectivity index (χ4n) is 3.32. The summed E-state index contributed by atoms with van der Waals surface area (Å²) in [7, 11) is 0.485. The van der Waals surface area contributed by atoms with Crippen molar-refractivity contribution >= 4 is 33.0 Å². The Labute approximate surface area is 165 Å². The van der Waals surface area contributed by atoms with Crippen molar-refractivity contribution in [3.63, 3.8) is 0 Å². The highest BCUT2D eigenvalue weighted by Gasteiger charge is 2.33. The fraction of sp³-hybridized carbons (Fsp3) is 0.350. The second-order valence-corrected chi connectivity index (χ2v) is 9.61. The first-order valence-electron chi connectivity index (χ1n) is 8.82. The number of sulfone groups is 1. The van der Waals surface area contributed by atoms with Crippen LogP contribution in [-0.4, -0.2) is 52.2 Å². The molecule has 144 valence electrons. The Hall–Kier alpha value is -2.05. The number of benzene rings is 2. The first-order chi connectivity index (χ1) is 12.8. The predicted octanol–water partition coefficient (Wildman–Crippen LogP) is 3.41. The first kappa shape index (κ1) is 19.7. The van der Waals surface area contributed by atoms with Gasteiger partial charge in [0.1, 0.15) is 0 Å².